The number of non-ortho nitro benzene ring substituents is 1. The molecule has 0 saturated heterocycles. The molecule has 1 N–H and O–H groups in total. The number of nitro groups is 2. The first-order valence-electron chi connectivity index (χ1n) is 4.64. The molecule has 0 saturated carbocycles. The second-order valence-electron chi connectivity index (χ2n) is 3.53. The second kappa shape index (κ2) is 4.55. The van der Waals surface area contributed by atoms with Gasteiger partial charge < -0.3 is 5.11 Å². The standard InChI is InChI=1S/C9H6F2N2O6/c1-4-6(9(10,11)8(14)15)2-5(12(16)17)3-7(4)13(18)19/h2-3H,1H3,(H,14,15). The van der Waals surface area contributed by atoms with Crippen molar-refractivity contribution in [2.45, 2.75) is 12.8 Å². The molecule has 0 aliphatic rings. The highest BCUT2D eigenvalue weighted by Crippen LogP contribution is 2.37. The minimum Gasteiger partial charge on any atom is -0.477 e. The van der Waals surface area contributed by atoms with Gasteiger partial charge in [-0.25, -0.2) is 4.79 Å². The van der Waals surface area contributed by atoms with Crippen LogP contribution in [0.3, 0.4) is 0 Å². The van der Waals surface area contributed by atoms with Crippen molar-refractivity contribution >= 4 is 17.3 Å². The van der Waals surface area contributed by atoms with E-state index in [1.807, 2.05) is 0 Å². The SMILES string of the molecule is Cc1c([N+](=O)[O-])cc([N+](=O)[O-])cc1C(F)(F)C(=O)O. The van der Waals surface area contributed by atoms with E-state index in [2.05, 4.69) is 0 Å². The molecule has 0 atom stereocenters. The molecule has 1 aromatic rings. The Morgan fingerprint density at radius 3 is 2.16 bits per heavy atom. The third kappa shape index (κ3) is 2.46. The summed E-state index contributed by atoms with van der Waals surface area (Å²) < 4.78 is 26.8. The van der Waals surface area contributed by atoms with Gasteiger partial charge in [-0.1, -0.05) is 0 Å². The average molecular weight is 276 g/mol. The van der Waals surface area contributed by atoms with Gasteiger partial charge in [-0.2, -0.15) is 8.78 Å². The molecule has 1 rings (SSSR count). The van der Waals surface area contributed by atoms with Crippen LogP contribution in [-0.4, -0.2) is 20.9 Å². The molecule has 19 heavy (non-hydrogen) atoms. The van der Waals surface area contributed by atoms with E-state index >= 15 is 0 Å². The number of carbonyl (C=O) groups is 1. The Balaban J connectivity index is 3.69. The summed E-state index contributed by atoms with van der Waals surface area (Å²) in [4.78, 5) is 29.4. The predicted octanol–water partition coefficient (Wildman–Crippen LogP) is 1.99. The zero-order valence-electron chi connectivity index (χ0n) is 9.29. The van der Waals surface area contributed by atoms with E-state index in [9.17, 15) is 33.8 Å². The van der Waals surface area contributed by atoms with Crippen LogP contribution < -0.4 is 0 Å². The highest BCUT2D eigenvalue weighted by Gasteiger charge is 2.45. The maximum absolute atomic E-state index is 13.4. The number of aliphatic carboxylic acids is 1. The lowest BCUT2D eigenvalue weighted by atomic mass is 10.00. The average Bonchev–Trinajstić information content (AvgIpc) is 2.27. The number of hydrogen-bond acceptors (Lipinski definition) is 5. The number of alkyl halides is 2. The number of nitro benzene ring substituents is 2. The summed E-state index contributed by atoms with van der Waals surface area (Å²) >= 11 is 0. The minimum atomic E-state index is -4.46. The molecule has 0 bridgehead atoms. The fraction of sp³-hybridized carbons (Fsp3) is 0.222. The van der Waals surface area contributed by atoms with Crippen LogP contribution >= 0.6 is 0 Å². The first-order valence-corrected chi connectivity index (χ1v) is 4.64. The molecule has 0 aliphatic carbocycles. The summed E-state index contributed by atoms with van der Waals surface area (Å²) in [6.45, 7) is 0.897. The van der Waals surface area contributed by atoms with Gasteiger partial charge in [0.1, 0.15) is 0 Å². The number of rotatable bonds is 4. The van der Waals surface area contributed by atoms with E-state index < -0.39 is 44.2 Å². The topological polar surface area (TPSA) is 124 Å². The summed E-state index contributed by atoms with van der Waals surface area (Å²) in [6.07, 6.45) is 0. The third-order valence-corrected chi connectivity index (χ3v) is 2.38. The van der Waals surface area contributed by atoms with Crippen molar-refractivity contribution in [1.29, 1.82) is 0 Å². The molecule has 0 unspecified atom stereocenters. The molecule has 0 radical (unpaired) electrons. The Morgan fingerprint density at radius 2 is 1.79 bits per heavy atom. The molecule has 0 amide bonds. The molecule has 0 aliphatic heterocycles. The number of carboxylic acids is 1. The lowest BCUT2D eigenvalue weighted by molar-refractivity contribution is -0.394. The molecule has 102 valence electrons. The van der Waals surface area contributed by atoms with Crippen molar-refractivity contribution in [3.05, 3.63) is 43.5 Å². The van der Waals surface area contributed by atoms with Crippen molar-refractivity contribution in [3.8, 4) is 0 Å². The lowest BCUT2D eigenvalue weighted by Crippen LogP contribution is -2.26. The summed E-state index contributed by atoms with van der Waals surface area (Å²) in [5, 5.41) is 29.6. The highest BCUT2D eigenvalue weighted by molar-refractivity contribution is 5.79. The Bertz CT molecular complexity index is 586. The summed E-state index contributed by atoms with van der Waals surface area (Å²) in [5.74, 6) is -7.01. The quantitative estimate of drug-likeness (QED) is 0.662. The summed E-state index contributed by atoms with van der Waals surface area (Å²) in [6, 6.07) is 0.813. The fourth-order valence-corrected chi connectivity index (χ4v) is 1.42. The number of benzene rings is 1. The monoisotopic (exact) mass is 276 g/mol. The molecular weight excluding hydrogens is 270 g/mol. The summed E-state index contributed by atoms with van der Waals surface area (Å²) in [5.41, 5.74) is -3.83. The van der Waals surface area contributed by atoms with Crippen LogP contribution in [0.1, 0.15) is 11.1 Å². The van der Waals surface area contributed by atoms with Gasteiger partial charge in [0.25, 0.3) is 11.4 Å². The first-order chi connectivity index (χ1) is 8.59. The molecule has 0 fully saturated rings. The second-order valence-corrected chi connectivity index (χ2v) is 3.53. The molecular formula is C9H6F2N2O6. The number of halogens is 2. The van der Waals surface area contributed by atoms with Crippen LogP contribution in [0.2, 0.25) is 0 Å². The van der Waals surface area contributed by atoms with Crippen LogP contribution in [-0.2, 0) is 10.7 Å². The number of carboxylic acid groups (broad SMARTS) is 1. The van der Waals surface area contributed by atoms with E-state index in [-0.39, 0.29) is 0 Å². The third-order valence-electron chi connectivity index (χ3n) is 2.38. The minimum absolute atomic E-state index is 0.316. The predicted molar refractivity (Wildman–Crippen MR) is 56.0 cm³/mol. The van der Waals surface area contributed by atoms with E-state index in [1.54, 1.807) is 0 Å². The van der Waals surface area contributed by atoms with Crippen molar-refractivity contribution in [1.82, 2.24) is 0 Å². The van der Waals surface area contributed by atoms with Gasteiger partial charge in [0.15, 0.2) is 0 Å². The maximum Gasteiger partial charge on any atom is 0.379 e. The summed E-state index contributed by atoms with van der Waals surface area (Å²) in [7, 11) is 0. The van der Waals surface area contributed by atoms with Crippen molar-refractivity contribution in [3.63, 3.8) is 0 Å². The van der Waals surface area contributed by atoms with Gasteiger partial charge in [0, 0.05) is 17.2 Å². The van der Waals surface area contributed by atoms with Crippen LogP contribution in [0.15, 0.2) is 12.1 Å². The Kier molecular flexibility index (Phi) is 3.45. The molecule has 0 aromatic heterocycles. The van der Waals surface area contributed by atoms with E-state index in [0.29, 0.717) is 12.1 Å². The van der Waals surface area contributed by atoms with Gasteiger partial charge in [-0.15, -0.1) is 0 Å². The Hall–Kier alpha value is -2.65. The van der Waals surface area contributed by atoms with Gasteiger partial charge in [-0.05, 0) is 6.92 Å². The molecule has 8 nitrogen and oxygen atoms in total. The normalized spacial score (nSPS) is 11.1. The van der Waals surface area contributed by atoms with Crippen molar-refractivity contribution < 1.29 is 28.5 Å². The van der Waals surface area contributed by atoms with Crippen LogP contribution in [0.4, 0.5) is 20.2 Å². The first kappa shape index (κ1) is 14.4. The van der Waals surface area contributed by atoms with Gasteiger partial charge in [0.05, 0.1) is 15.9 Å². The Labute approximate surface area is 103 Å². The van der Waals surface area contributed by atoms with Crippen LogP contribution in [0.5, 0.6) is 0 Å². The lowest BCUT2D eigenvalue weighted by Gasteiger charge is -2.13. The molecule has 10 heteroatoms. The van der Waals surface area contributed by atoms with E-state index in [0.717, 1.165) is 6.92 Å². The largest absolute Gasteiger partial charge is 0.477 e. The molecule has 0 spiro atoms. The van der Waals surface area contributed by atoms with Crippen molar-refractivity contribution in [2.24, 2.45) is 0 Å². The smallest absolute Gasteiger partial charge is 0.379 e. The van der Waals surface area contributed by atoms with Gasteiger partial charge in [0.2, 0.25) is 0 Å². The van der Waals surface area contributed by atoms with Gasteiger partial charge >= 0.3 is 11.9 Å². The van der Waals surface area contributed by atoms with Crippen LogP contribution in [0.25, 0.3) is 0 Å². The number of nitrogens with zero attached hydrogens (tertiary/aromatic N) is 2. The zero-order chi connectivity index (χ0) is 15.0. The van der Waals surface area contributed by atoms with Crippen LogP contribution in [0, 0.1) is 27.2 Å². The number of hydrogen-bond donors (Lipinski definition) is 1. The van der Waals surface area contributed by atoms with E-state index in [1.165, 1.54) is 0 Å². The van der Waals surface area contributed by atoms with Gasteiger partial charge in [-0.3, -0.25) is 20.2 Å². The fourth-order valence-electron chi connectivity index (χ4n) is 1.42. The maximum atomic E-state index is 13.4. The Morgan fingerprint density at radius 1 is 1.26 bits per heavy atom. The molecule has 0 heterocycles. The highest BCUT2D eigenvalue weighted by atomic mass is 19.3. The molecule has 1 aromatic carbocycles. The zero-order valence-corrected chi connectivity index (χ0v) is 9.29. The van der Waals surface area contributed by atoms with Crippen molar-refractivity contribution in [2.75, 3.05) is 0 Å². The van der Waals surface area contributed by atoms with E-state index in [4.69, 9.17) is 5.11 Å².